The fraction of sp³-hybridized carbons (Fsp3) is 0.750. The molecule has 0 aromatic heterocycles. The van der Waals surface area contributed by atoms with Crippen LogP contribution < -0.4 is 0 Å². The summed E-state index contributed by atoms with van der Waals surface area (Å²) in [4.78, 5) is 14.0. The third kappa shape index (κ3) is 7.40. The van der Waals surface area contributed by atoms with Gasteiger partial charge in [0.2, 0.25) is 0 Å². The largest absolute Gasteiger partial charge is 0.463 e. The van der Waals surface area contributed by atoms with E-state index in [-0.39, 0.29) is 18.4 Å². The zero-order valence-electron chi connectivity index (χ0n) is 15.1. The molecule has 2 rings (SSSR count). The van der Waals surface area contributed by atoms with E-state index >= 15 is 0 Å². The van der Waals surface area contributed by atoms with Crippen LogP contribution in [0.25, 0.3) is 0 Å². The predicted molar refractivity (Wildman–Crippen MR) is 103 cm³/mol. The molecule has 0 amide bonds. The first-order valence-electron chi connectivity index (χ1n) is 9.57. The number of esters is 1. The van der Waals surface area contributed by atoms with Gasteiger partial charge in [0.1, 0.15) is 0 Å². The number of hydrogen-bond acceptors (Lipinski definition) is 3. The van der Waals surface area contributed by atoms with Gasteiger partial charge in [-0.05, 0) is 32.6 Å². The summed E-state index contributed by atoms with van der Waals surface area (Å²) < 4.78 is 4.89. The smallest absolute Gasteiger partial charge is 0.330 e. The van der Waals surface area contributed by atoms with Gasteiger partial charge in [-0.25, -0.2) is 4.79 Å². The molecule has 0 aliphatic heterocycles. The van der Waals surface area contributed by atoms with Crippen LogP contribution in [0.2, 0.25) is 0 Å². The van der Waals surface area contributed by atoms with E-state index in [0.717, 1.165) is 18.6 Å². The molecular weight excluding hydrogens is 322 g/mol. The molecule has 0 unspecified atom stereocenters. The summed E-state index contributed by atoms with van der Waals surface area (Å²) in [5, 5.41) is 0. The summed E-state index contributed by atoms with van der Waals surface area (Å²) in [5.41, 5.74) is 0. The van der Waals surface area contributed by atoms with Crippen LogP contribution in [0.15, 0.2) is 24.3 Å². The second-order valence-corrected chi connectivity index (χ2v) is 6.82. The number of carbonyl (C=O) groups excluding carboxylic acids is 1. The van der Waals surface area contributed by atoms with Gasteiger partial charge in [-0.2, -0.15) is 0 Å². The van der Waals surface area contributed by atoms with Crippen molar-refractivity contribution in [2.24, 2.45) is 0 Å². The van der Waals surface area contributed by atoms with Crippen LogP contribution in [-0.2, 0) is 9.53 Å². The number of hydrogen-bond donors (Lipinski definition) is 0. The van der Waals surface area contributed by atoms with Crippen molar-refractivity contribution >= 4 is 18.4 Å². The van der Waals surface area contributed by atoms with Crippen molar-refractivity contribution in [3.8, 4) is 0 Å². The Labute approximate surface area is 153 Å². The quantitative estimate of drug-likeness (QED) is 0.363. The molecule has 2 aliphatic carbocycles. The SMILES string of the molecule is CCOC(=O)C=CC=CCN(C1CCCCC1)C1CCCCC1.Cl. The summed E-state index contributed by atoms with van der Waals surface area (Å²) in [6.45, 7) is 3.28. The number of nitrogens with zero attached hydrogens (tertiary/aromatic N) is 1. The van der Waals surface area contributed by atoms with Crippen molar-refractivity contribution in [2.75, 3.05) is 13.2 Å². The van der Waals surface area contributed by atoms with Gasteiger partial charge in [0.05, 0.1) is 6.61 Å². The van der Waals surface area contributed by atoms with Crippen LogP contribution in [0.1, 0.15) is 71.1 Å². The van der Waals surface area contributed by atoms with Crippen LogP contribution in [0.4, 0.5) is 0 Å². The van der Waals surface area contributed by atoms with E-state index in [1.165, 1.54) is 70.3 Å². The first-order valence-corrected chi connectivity index (χ1v) is 9.57. The lowest BCUT2D eigenvalue weighted by Crippen LogP contribution is -2.45. The Morgan fingerprint density at radius 1 is 0.958 bits per heavy atom. The molecule has 0 N–H and O–H groups in total. The number of rotatable bonds is 7. The van der Waals surface area contributed by atoms with Gasteiger partial charge >= 0.3 is 5.97 Å². The lowest BCUT2D eigenvalue weighted by atomic mass is 9.88. The minimum absolute atomic E-state index is 0. The van der Waals surface area contributed by atoms with E-state index in [0.29, 0.717) is 6.61 Å². The standard InChI is InChI=1S/C20H33NO2.ClH/c1-2-23-20(22)16-10-5-11-17-21(18-12-6-3-7-13-18)19-14-8-4-9-15-19;/h5,10-11,16,18-19H,2-4,6-9,12-15,17H2,1H3;1H. The predicted octanol–water partition coefficient (Wildman–Crippen LogP) is 5.05. The van der Waals surface area contributed by atoms with Crippen molar-refractivity contribution in [1.29, 1.82) is 0 Å². The summed E-state index contributed by atoms with van der Waals surface area (Å²) >= 11 is 0. The van der Waals surface area contributed by atoms with Crippen molar-refractivity contribution in [2.45, 2.75) is 83.2 Å². The zero-order chi connectivity index (χ0) is 16.3. The molecule has 0 radical (unpaired) electrons. The topological polar surface area (TPSA) is 29.5 Å². The van der Waals surface area contributed by atoms with Gasteiger partial charge in [0.25, 0.3) is 0 Å². The molecule has 0 bridgehead atoms. The third-order valence-corrected chi connectivity index (χ3v) is 5.17. The zero-order valence-corrected chi connectivity index (χ0v) is 15.9. The molecule has 0 spiro atoms. The monoisotopic (exact) mass is 355 g/mol. The molecule has 0 saturated heterocycles. The van der Waals surface area contributed by atoms with Crippen molar-refractivity contribution in [3.63, 3.8) is 0 Å². The van der Waals surface area contributed by atoms with Gasteiger partial charge in [-0.3, -0.25) is 4.90 Å². The Morgan fingerprint density at radius 2 is 1.50 bits per heavy atom. The van der Waals surface area contributed by atoms with Crippen LogP contribution in [0.5, 0.6) is 0 Å². The first kappa shape index (κ1) is 21.2. The molecule has 2 aliphatic rings. The Hall–Kier alpha value is -0.800. The number of ether oxygens (including phenoxy) is 1. The number of carbonyl (C=O) groups is 1. The molecule has 0 heterocycles. The van der Waals surface area contributed by atoms with Gasteiger partial charge < -0.3 is 4.74 Å². The van der Waals surface area contributed by atoms with Crippen LogP contribution in [-0.4, -0.2) is 36.1 Å². The Balaban J connectivity index is 0.00000288. The molecular formula is C20H34ClNO2. The maximum Gasteiger partial charge on any atom is 0.330 e. The van der Waals surface area contributed by atoms with Gasteiger partial charge in [-0.1, -0.05) is 56.8 Å². The average Bonchev–Trinajstić information content (AvgIpc) is 2.60. The summed E-state index contributed by atoms with van der Waals surface area (Å²) in [7, 11) is 0. The minimum Gasteiger partial charge on any atom is -0.463 e. The molecule has 3 nitrogen and oxygen atoms in total. The van der Waals surface area contributed by atoms with Crippen LogP contribution >= 0.6 is 12.4 Å². The van der Waals surface area contributed by atoms with E-state index in [2.05, 4.69) is 11.0 Å². The highest BCUT2D eigenvalue weighted by molar-refractivity contribution is 5.85. The van der Waals surface area contributed by atoms with Crippen molar-refractivity contribution in [1.82, 2.24) is 4.90 Å². The molecule has 4 heteroatoms. The first-order chi connectivity index (χ1) is 11.3. The fourth-order valence-corrected chi connectivity index (χ4v) is 4.01. The maximum absolute atomic E-state index is 11.3. The van der Waals surface area contributed by atoms with Gasteiger partial charge in [0.15, 0.2) is 0 Å². The number of halogens is 1. The third-order valence-electron chi connectivity index (χ3n) is 5.17. The lowest BCUT2D eigenvalue weighted by Gasteiger charge is -2.41. The minimum atomic E-state index is -0.256. The van der Waals surface area contributed by atoms with Crippen molar-refractivity contribution in [3.05, 3.63) is 24.3 Å². The average molecular weight is 356 g/mol. The molecule has 138 valence electrons. The Morgan fingerprint density at radius 3 is 2.00 bits per heavy atom. The van der Waals surface area contributed by atoms with Crippen LogP contribution in [0.3, 0.4) is 0 Å². The van der Waals surface area contributed by atoms with Crippen LogP contribution in [0, 0.1) is 0 Å². The highest BCUT2D eigenvalue weighted by Gasteiger charge is 2.27. The molecule has 24 heavy (non-hydrogen) atoms. The molecule has 2 saturated carbocycles. The highest BCUT2D eigenvalue weighted by atomic mass is 35.5. The second kappa shape index (κ2) is 12.5. The maximum atomic E-state index is 11.3. The molecule has 0 aromatic carbocycles. The van der Waals surface area contributed by atoms with E-state index < -0.39 is 0 Å². The normalized spacial score (nSPS) is 20.6. The lowest BCUT2D eigenvalue weighted by molar-refractivity contribution is -0.137. The highest BCUT2D eigenvalue weighted by Crippen LogP contribution is 2.29. The van der Waals surface area contributed by atoms with E-state index in [1.54, 1.807) is 6.08 Å². The summed E-state index contributed by atoms with van der Waals surface area (Å²) in [5.74, 6) is -0.256. The second-order valence-electron chi connectivity index (χ2n) is 6.82. The van der Waals surface area contributed by atoms with E-state index in [4.69, 9.17) is 4.74 Å². The summed E-state index contributed by atoms with van der Waals surface area (Å²) in [6.07, 6.45) is 21.3. The Bertz CT molecular complexity index is 378. The Kier molecular flexibility index (Phi) is 11.1. The fourth-order valence-electron chi connectivity index (χ4n) is 4.01. The van der Waals surface area contributed by atoms with E-state index in [1.807, 2.05) is 13.0 Å². The molecule has 2 fully saturated rings. The number of allylic oxidation sites excluding steroid dienone is 2. The molecule has 0 aromatic rings. The van der Waals surface area contributed by atoms with Gasteiger partial charge in [0, 0.05) is 24.7 Å². The van der Waals surface area contributed by atoms with Gasteiger partial charge in [-0.15, -0.1) is 12.4 Å². The summed E-state index contributed by atoms with van der Waals surface area (Å²) in [6, 6.07) is 1.54. The molecule has 0 atom stereocenters. The van der Waals surface area contributed by atoms with E-state index in [9.17, 15) is 4.79 Å². The van der Waals surface area contributed by atoms with Crippen molar-refractivity contribution < 1.29 is 9.53 Å².